The summed E-state index contributed by atoms with van der Waals surface area (Å²) in [7, 11) is -4.08. The van der Waals surface area contributed by atoms with Gasteiger partial charge in [0.15, 0.2) is 5.75 Å². The van der Waals surface area contributed by atoms with E-state index < -0.39 is 28.0 Å². The Morgan fingerprint density at radius 2 is 1.67 bits per heavy atom. The Hall–Kier alpha value is -3.47. The fourth-order valence-electron chi connectivity index (χ4n) is 3.33. The summed E-state index contributed by atoms with van der Waals surface area (Å²) in [5, 5.41) is 2.50. The van der Waals surface area contributed by atoms with Crippen LogP contribution in [0.1, 0.15) is 16.7 Å². The van der Waals surface area contributed by atoms with Crippen molar-refractivity contribution in [3.05, 3.63) is 92.4 Å². The van der Waals surface area contributed by atoms with Gasteiger partial charge in [-0.15, -0.1) is 0 Å². The predicted molar refractivity (Wildman–Crippen MR) is 138 cm³/mol. The lowest BCUT2D eigenvalue weighted by molar-refractivity contribution is -0.122. The number of benzene rings is 3. The highest BCUT2D eigenvalue weighted by Crippen LogP contribution is 2.31. The van der Waals surface area contributed by atoms with Crippen LogP contribution in [-0.4, -0.2) is 26.3 Å². The molecule has 4 rings (SSSR count). The minimum atomic E-state index is -4.08. The van der Waals surface area contributed by atoms with Gasteiger partial charge < -0.3 is 4.18 Å². The van der Waals surface area contributed by atoms with Gasteiger partial charge in [-0.3, -0.25) is 14.9 Å². The first-order chi connectivity index (χ1) is 17.0. The molecule has 0 bridgehead atoms. The maximum Gasteiger partial charge on any atom is 0.339 e. The number of anilines is 1. The van der Waals surface area contributed by atoms with Gasteiger partial charge in [-0.05, 0) is 83.4 Å². The molecule has 0 saturated carbocycles. The van der Waals surface area contributed by atoms with Crippen molar-refractivity contribution in [3.63, 3.8) is 0 Å². The number of aryl methyl sites for hydroxylation is 2. The van der Waals surface area contributed by atoms with Gasteiger partial charge in [0.05, 0.1) is 10.2 Å². The number of carbonyl (C=O) groups is 3. The van der Waals surface area contributed by atoms with E-state index >= 15 is 0 Å². The van der Waals surface area contributed by atoms with Crippen molar-refractivity contribution < 1.29 is 27.0 Å². The van der Waals surface area contributed by atoms with Crippen molar-refractivity contribution in [3.8, 4) is 5.75 Å². The van der Waals surface area contributed by atoms with Crippen molar-refractivity contribution >= 4 is 67.3 Å². The highest BCUT2D eigenvalue weighted by Gasteiger charge is 2.37. The summed E-state index contributed by atoms with van der Waals surface area (Å²) in [6.07, 6.45) is 1.29. The standard InChI is InChI=1S/C25H18BrClN2O6S/c1-14-3-8-18(9-4-14)36(33,34)35-22-10-6-16(12-20(22)26)11-19-23(30)28-25(32)29(24(19)31)17-7-5-15(2)21(27)13-17/h3-13H,1-2H3,(H,28,30,32)/b19-11+. The second-order valence-electron chi connectivity index (χ2n) is 7.93. The number of barbiturate groups is 1. The molecular formula is C25H18BrClN2O6S. The van der Waals surface area contributed by atoms with Crippen LogP contribution >= 0.6 is 27.5 Å². The number of halogens is 2. The number of rotatable bonds is 5. The van der Waals surface area contributed by atoms with E-state index in [-0.39, 0.29) is 26.4 Å². The van der Waals surface area contributed by atoms with E-state index in [2.05, 4.69) is 21.2 Å². The Labute approximate surface area is 220 Å². The van der Waals surface area contributed by atoms with Crippen LogP contribution in [0, 0.1) is 13.8 Å². The summed E-state index contributed by atoms with van der Waals surface area (Å²) in [6, 6.07) is 14.3. The van der Waals surface area contributed by atoms with E-state index in [9.17, 15) is 22.8 Å². The second-order valence-corrected chi connectivity index (χ2v) is 10.7. The van der Waals surface area contributed by atoms with Crippen LogP contribution in [-0.2, 0) is 19.7 Å². The maximum atomic E-state index is 13.1. The van der Waals surface area contributed by atoms with Crippen LogP contribution < -0.4 is 14.4 Å². The Morgan fingerprint density at radius 1 is 0.972 bits per heavy atom. The van der Waals surface area contributed by atoms with Crippen LogP contribution in [0.4, 0.5) is 10.5 Å². The van der Waals surface area contributed by atoms with E-state index in [0.717, 1.165) is 16.0 Å². The van der Waals surface area contributed by atoms with Crippen LogP contribution in [0.15, 0.2) is 75.6 Å². The second kappa shape index (κ2) is 9.88. The largest absolute Gasteiger partial charge is 0.378 e. The normalized spacial score (nSPS) is 15.3. The lowest BCUT2D eigenvalue weighted by Gasteiger charge is -2.26. The lowest BCUT2D eigenvalue weighted by Crippen LogP contribution is -2.54. The van der Waals surface area contributed by atoms with Gasteiger partial charge in [0.1, 0.15) is 10.5 Å². The monoisotopic (exact) mass is 588 g/mol. The van der Waals surface area contributed by atoms with E-state index in [4.69, 9.17) is 15.8 Å². The smallest absolute Gasteiger partial charge is 0.339 e. The van der Waals surface area contributed by atoms with Crippen LogP contribution in [0.2, 0.25) is 5.02 Å². The number of imide groups is 2. The van der Waals surface area contributed by atoms with E-state index in [0.29, 0.717) is 10.6 Å². The van der Waals surface area contributed by atoms with E-state index in [1.807, 2.05) is 6.92 Å². The zero-order chi connectivity index (χ0) is 26.2. The summed E-state index contributed by atoms with van der Waals surface area (Å²) in [4.78, 5) is 38.7. The van der Waals surface area contributed by atoms with E-state index in [1.165, 1.54) is 42.5 Å². The fourth-order valence-corrected chi connectivity index (χ4v) is 5.03. The van der Waals surface area contributed by atoms with E-state index in [1.54, 1.807) is 31.2 Å². The molecule has 0 radical (unpaired) electrons. The van der Waals surface area contributed by atoms with Crippen molar-refractivity contribution in [1.82, 2.24) is 5.32 Å². The Balaban J connectivity index is 1.62. The molecule has 1 fully saturated rings. The average molecular weight is 590 g/mol. The summed E-state index contributed by atoms with van der Waals surface area (Å²) < 4.78 is 30.7. The highest BCUT2D eigenvalue weighted by molar-refractivity contribution is 9.10. The molecule has 1 aliphatic heterocycles. The Morgan fingerprint density at radius 3 is 2.31 bits per heavy atom. The molecule has 0 aliphatic carbocycles. The number of urea groups is 1. The quantitative estimate of drug-likeness (QED) is 0.250. The molecular weight excluding hydrogens is 572 g/mol. The van der Waals surface area contributed by atoms with Crippen molar-refractivity contribution in [1.29, 1.82) is 0 Å². The molecule has 0 atom stereocenters. The van der Waals surface area contributed by atoms with Gasteiger partial charge in [0.2, 0.25) is 0 Å². The minimum Gasteiger partial charge on any atom is -0.378 e. The summed E-state index contributed by atoms with van der Waals surface area (Å²) in [6.45, 7) is 3.61. The molecule has 3 aromatic rings. The Kier molecular flexibility index (Phi) is 7.03. The third-order valence-electron chi connectivity index (χ3n) is 5.29. The molecule has 0 aromatic heterocycles. The zero-order valence-electron chi connectivity index (χ0n) is 18.9. The molecule has 1 N–H and O–H groups in total. The first kappa shape index (κ1) is 25.6. The molecule has 1 heterocycles. The number of nitrogens with zero attached hydrogens (tertiary/aromatic N) is 1. The zero-order valence-corrected chi connectivity index (χ0v) is 22.1. The van der Waals surface area contributed by atoms with Gasteiger partial charge in [0, 0.05) is 5.02 Å². The summed E-state index contributed by atoms with van der Waals surface area (Å²) in [5.41, 5.74) is 1.96. The number of hydrogen-bond donors (Lipinski definition) is 1. The number of nitrogens with one attached hydrogen (secondary N) is 1. The van der Waals surface area contributed by atoms with Gasteiger partial charge >= 0.3 is 16.1 Å². The number of amides is 4. The molecule has 1 saturated heterocycles. The van der Waals surface area contributed by atoms with Crippen LogP contribution in [0.25, 0.3) is 6.08 Å². The van der Waals surface area contributed by atoms with Gasteiger partial charge in [0.25, 0.3) is 11.8 Å². The molecule has 0 spiro atoms. The molecule has 4 amide bonds. The van der Waals surface area contributed by atoms with Crippen molar-refractivity contribution in [2.24, 2.45) is 0 Å². The van der Waals surface area contributed by atoms with Crippen LogP contribution in [0.5, 0.6) is 5.75 Å². The molecule has 36 heavy (non-hydrogen) atoms. The third kappa shape index (κ3) is 5.20. The molecule has 8 nitrogen and oxygen atoms in total. The maximum absolute atomic E-state index is 13.1. The first-order valence-electron chi connectivity index (χ1n) is 10.4. The summed E-state index contributed by atoms with van der Waals surface area (Å²) >= 11 is 9.40. The predicted octanol–water partition coefficient (Wildman–Crippen LogP) is 5.15. The third-order valence-corrected chi connectivity index (χ3v) is 7.57. The molecule has 184 valence electrons. The highest BCUT2D eigenvalue weighted by atomic mass is 79.9. The fraction of sp³-hybridized carbons (Fsp3) is 0.0800. The van der Waals surface area contributed by atoms with Gasteiger partial charge in [-0.1, -0.05) is 41.4 Å². The van der Waals surface area contributed by atoms with Crippen LogP contribution in [0.3, 0.4) is 0 Å². The molecule has 0 unspecified atom stereocenters. The molecule has 11 heteroatoms. The number of carbonyl (C=O) groups excluding carboxylic acids is 3. The molecule has 1 aliphatic rings. The first-order valence-corrected chi connectivity index (χ1v) is 13.0. The average Bonchev–Trinajstić information content (AvgIpc) is 2.81. The van der Waals surface area contributed by atoms with Gasteiger partial charge in [-0.2, -0.15) is 8.42 Å². The summed E-state index contributed by atoms with van der Waals surface area (Å²) in [5.74, 6) is -1.68. The minimum absolute atomic E-state index is 0.00312. The van der Waals surface area contributed by atoms with Crippen molar-refractivity contribution in [2.45, 2.75) is 18.7 Å². The topological polar surface area (TPSA) is 110 Å². The lowest BCUT2D eigenvalue weighted by atomic mass is 10.1. The molecule has 3 aromatic carbocycles. The van der Waals surface area contributed by atoms with Gasteiger partial charge in [-0.25, -0.2) is 9.69 Å². The Bertz CT molecular complexity index is 1550. The SMILES string of the molecule is Cc1ccc(S(=O)(=O)Oc2ccc(/C=C3\C(=O)NC(=O)N(c4ccc(C)c(Cl)c4)C3=O)cc2Br)cc1. The van der Waals surface area contributed by atoms with Crippen molar-refractivity contribution in [2.75, 3.05) is 4.90 Å². The number of hydrogen-bond acceptors (Lipinski definition) is 6.